The van der Waals surface area contributed by atoms with E-state index in [-0.39, 0.29) is 6.04 Å². The number of nitrogens with two attached hydrogens (primary N) is 1. The minimum absolute atomic E-state index is 0.169. The molecule has 2 heterocycles. The van der Waals surface area contributed by atoms with Crippen molar-refractivity contribution >= 4 is 11.6 Å². The molecule has 0 unspecified atom stereocenters. The second-order valence-corrected chi connectivity index (χ2v) is 3.52. The molecule has 1 aromatic carbocycles. The summed E-state index contributed by atoms with van der Waals surface area (Å²) < 4.78 is 0. The van der Waals surface area contributed by atoms with E-state index in [1.165, 1.54) is 6.33 Å². The van der Waals surface area contributed by atoms with E-state index in [1.54, 1.807) is 0 Å². The highest BCUT2D eigenvalue weighted by Crippen LogP contribution is 2.40. The van der Waals surface area contributed by atoms with Crippen LogP contribution in [0.1, 0.15) is 17.2 Å². The molecular formula is C11H9N5. The Morgan fingerprint density at radius 2 is 1.88 bits per heavy atom. The molecule has 1 atom stereocenters. The molecule has 1 aromatic heterocycles. The Kier molecular flexibility index (Phi) is 1.89. The molecule has 3 rings (SSSR count). The van der Waals surface area contributed by atoms with E-state index < -0.39 is 0 Å². The molecule has 78 valence electrons. The van der Waals surface area contributed by atoms with Crippen molar-refractivity contribution in [3.05, 3.63) is 47.8 Å². The van der Waals surface area contributed by atoms with Crippen molar-refractivity contribution in [2.24, 2.45) is 10.2 Å². The number of hydrogen-bond donors (Lipinski definition) is 1. The van der Waals surface area contributed by atoms with Crippen LogP contribution in [0.15, 0.2) is 46.9 Å². The Labute approximate surface area is 92.1 Å². The molecule has 0 bridgehead atoms. The normalized spacial score (nSPS) is 17.4. The van der Waals surface area contributed by atoms with Gasteiger partial charge in [-0.2, -0.15) is 5.11 Å². The third kappa shape index (κ3) is 1.25. The average Bonchev–Trinajstić information content (AvgIpc) is 2.75. The fraction of sp³-hybridized carbons (Fsp3) is 0.0909. The monoisotopic (exact) mass is 211 g/mol. The van der Waals surface area contributed by atoms with Gasteiger partial charge < -0.3 is 5.73 Å². The van der Waals surface area contributed by atoms with Crippen molar-refractivity contribution in [1.29, 1.82) is 0 Å². The highest BCUT2D eigenvalue weighted by Gasteiger charge is 2.26. The van der Waals surface area contributed by atoms with Crippen molar-refractivity contribution in [2.45, 2.75) is 6.04 Å². The number of aromatic nitrogens is 2. The van der Waals surface area contributed by atoms with Gasteiger partial charge in [-0.3, -0.25) is 0 Å². The van der Waals surface area contributed by atoms with Gasteiger partial charge in [0.2, 0.25) is 0 Å². The third-order valence-corrected chi connectivity index (χ3v) is 2.55. The molecule has 0 radical (unpaired) electrons. The summed E-state index contributed by atoms with van der Waals surface area (Å²) in [6.45, 7) is 0. The number of fused-ring (bicyclic) bond motifs is 1. The van der Waals surface area contributed by atoms with Crippen LogP contribution in [0.25, 0.3) is 0 Å². The van der Waals surface area contributed by atoms with Gasteiger partial charge in [0.05, 0.1) is 5.56 Å². The molecule has 0 aliphatic carbocycles. The quantitative estimate of drug-likeness (QED) is 0.785. The Balaban J connectivity index is 2.13. The summed E-state index contributed by atoms with van der Waals surface area (Å²) in [5, 5.41) is 8.19. The van der Waals surface area contributed by atoms with Gasteiger partial charge in [-0.1, -0.05) is 30.3 Å². The van der Waals surface area contributed by atoms with Gasteiger partial charge in [0, 0.05) is 0 Å². The average molecular weight is 211 g/mol. The molecule has 2 N–H and O–H groups in total. The van der Waals surface area contributed by atoms with Crippen LogP contribution in [0.4, 0.5) is 11.6 Å². The Morgan fingerprint density at radius 1 is 1.06 bits per heavy atom. The van der Waals surface area contributed by atoms with Gasteiger partial charge in [-0.25, -0.2) is 9.97 Å². The maximum absolute atomic E-state index is 5.83. The van der Waals surface area contributed by atoms with E-state index >= 15 is 0 Å². The first kappa shape index (κ1) is 8.96. The largest absolute Gasteiger partial charge is 0.383 e. The van der Waals surface area contributed by atoms with E-state index in [4.69, 9.17) is 5.73 Å². The predicted octanol–water partition coefficient (Wildman–Crippen LogP) is 2.25. The second kappa shape index (κ2) is 3.37. The fourth-order valence-corrected chi connectivity index (χ4v) is 1.78. The number of nitrogens with zero attached hydrogens (tertiary/aromatic N) is 4. The van der Waals surface area contributed by atoms with Gasteiger partial charge in [0.1, 0.15) is 18.2 Å². The summed E-state index contributed by atoms with van der Waals surface area (Å²) >= 11 is 0. The number of rotatable bonds is 1. The van der Waals surface area contributed by atoms with Crippen molar-refractivity contribution < 1.29 is 0 Å². The van der Waals surface area contributed by atoms with Gasteiger partial charge >= 0.3 is 0 Å². The summed E-state index contributed by atoms with van der Waals surface area (Å²) in [6, 6.07) is 9.70. The number of benzene rings is 1. The zero-order valence-corrected chi connectivity index (χ0v) is 8.41. The Hall–Kier alpha value is -2.30. The summed E-state index contributed by atoms with van der Waals surface area (Å²) in [5.41, 5.74) is 7.68. The van der Waals surface area contributed by atoms with E-state index in [2.05, 4.69) is 20.2 Å². The van der Waals surface area contributed by atoms with Crippen LogP contribution in [0.5, 0.6) is 0 Å². The summed E-state index contributed by atoms with van der Waals surface area (Å²) in [5.74, 6) is 1.02. The smallest absolute Gasteiger partial charge is 0.185 e. The van der Waals surface area contributed by atoms with Crippen LogP contribution in [0.2, 0.25) is 0 Å². The molecule has 1 aliphatic heterocycles. The lowest BCUT2D eigenvalue weighted by molar-refractivity contribution is 0.860. The molecule has 5 nitrogen and oxygen atoms in total. The molecule has 0 saturated carbocycles. The van der Waals surface area contributed by atoms with Gasteiger partial charge in [0.15, 0.2) is 5.82 Å². The minimum atomic E-state index is -0.169. The fourth-order valence-electron chi connectivity index (χ4n) is 1.78. The lowest BCUT2D eigenvalue weighted by atomic mass is 10.0. The summed E-state index contributed by atoms with van der Waals surface area (Å²) in [7, 11) is 0. The van der Waals surface area contributed by atoms with Crippen LogP contribution >= 0.6 is 0 Å². The molecule has 0 saturated heterocycles. The summed E-state index contributed by atoms with van der Waals surface area (Å²) in [6.07, 6.45) is 1.40. The maximum atomic E-state index is 5.83. The SMILES string of the molecule is Nc1ncnc2c1[C@@H](c1ccccc1)N=N2. The molecule has 5 heteroatoms. The molecule has 0 spiro atoms. The number of anilines is 1. The highest BCUT2D eigenvalue weighted by atomic mass is 15.2. The molecule has 16 heavy (non-hydrogen) atoms. The van der Waals surface area contributed by atoms with E-state index in [1.807, 2.05) is 30.3 Å². The van der Waals surface area contributed by atoms with Crippen LogP contribution in [-0.4, -0.2) is 9.97 Å². The third-order valence-electron chi connectivity index (χ3n) is 2.55. The molecule has 2 aromatic rings. The number of azo groups is 1. The molecular weight excluding hydrogens is 202 g/mol. The molecule has 0 fully saturated rings. The van der Waals surface area contributed by atoms with E-state index in [0.29, 0.717) is 11.6 Å². The highest BCUT2D eigenvalue weighted by molar-refractivity contribution is 5.58. The first-order valence-electron chi connectivity index (χ1n) is 4.92. The van der Waals surface area contributed by atoms with Crippen LogP contribution in [0, 0.1) is 0 Å². The van der Waals surface area contributed by atoms with Crippen molar-refractivity contribution in [1.82, 2.24) is 9.97 Å². The van der Waals surface area contributed by atoms with Crippen molar-refractivity contribution in [2.75, 3.05) is 5.73 Å². The predicted molar refractivity (Wildman–Crippen MR) is 59.2 cm³/mol. The topological polar surface area (TPSA) is 76.5 Å². The molecule has 1 aliphatic rings. The first-order chi connectivity index (χ1) is 7.86. The van der Waals surface area contributed by atoms with Crippen molar-refractivity contribution in [3.8, 4) is 0 Å². The van der Waals surface area contributed by atoms with E-state index in [0.717, 1.165) is 11.1 Å². The zero-order chi connectivity index (χ0) is 11.0. The lowest BCUT2D eigenvalue weighted by Crippen LogP contribution is -2.02. The minimum Gasteiger partial charge on any atom is -0.383 e. The second-order valence-electron chi connectivity index (χ2n) is 3.52. The van der Waals surface area contributed by atoms with Crippen molar-refractivity contribution in [3.63, 3.8) is 0 Å². The summed E-state index contributed by atoms with van der Waals surface area (Å²) in [4.78, 5) is 8.02. The number of nitrogen functional groups attached to an aromatic ring is 1. The Bertz CT molecular complexity index is 550. The zero-order valence-electron chi connectivity index (χ0n) is 8.41. The van der Waals surface area contributed by atoms with E-state index in [9.17, 15) is 0 Å². The molecule has 0 amide bonds. The lowest BCUT2D eigenvalue weighted by Gasteiger charge is -2.08. The number of hydrogen-bond acceptors (Lipinski definition) is 5. The first-order valence-corrected chi connectivity index (χ1v) is 4.92. The maximum Gasteiger partial charge on any atom is 0.185 e. The van der Waals surface area contributed by atoms with Gasteiger partial charge in [-0.15, -0.1) is 5.11 Å². The van der Waals surface area contributed by atoms with Crippen LogP contribution in [0.3, 0.4) is 0 Å². The van der Waals surface area contributed by atoms with Crippen LogP contribution in [-0.2, 0) is 0 Å². The van der Waals surface area contributed by atoms with Crippen LogP contribution < -0.4 is 5.73 Å². The van der Waals surface area contributed by atoms with Gasteiger partial charge in [-0.05, 0) is 5.56 Å². The Morgan fingerprint density at radius 3 is 2.69 bits per heavy atom. The standard InChI is InChI=1S/C11H9N5/c12-10-8-9(7-4-2-1-3-5-7)15-16-11(8)14-6-13-10/h1-6,9H,(H2,12,13,14)/t9-/m1/s1. The van der Waals surface area contributed by atoms with Gasteiger partial charge in [0.25, 0.3) is 0 Å².